The molecule has 0 amide bonds. The zero-order valence-electron chi connectivity index (χ0n) is 10.4. The number of nitro groups is 1. The molecule has 20 heavy (non-hydrogen) atoms. The molecule has 1 N–H and O–H groups in total. The number of allylic oxidation sites excluding steroid dienone is 1. The molecular weight excluding hydrogens is 258 g/mol. The van der Waals surface area contributed by atoms with E-state index in [1.165, 1.54) is 12.1 Å². The van der Waals surface area contributed by atoms with Crippen LogP contribution in [0.15, 0.2) is 54.6 Å². The number of hydrogen-bond donors (Lipinski definition) is 1. The molecule has 0 aliphatic rings. The van der Waals surface area contributed by atoms with E-state index in [9.17, 15) is 20.0 Å². The van der Waals surface area contributed by atoms with Crippen LogP contribution in [0.2, 0.25) is 0 Å². The normalized spacial score (nSPS) is 10.6. The predicted molar refractivity (Wildman–Crippen MR) is 74.6 cm³/mol. The second kappa shape index (κ2) is 5.79. The van der Waals surface area contributed by atoms with Gasteiger partial charge in [-0.3, -0.25) is 14.9 Å². The van der Waals surface area contributed by atoms with E-state index in [0.717, 1.165) is 17.7 Å². The van der Waals surface area contributed by atoms with E-state index in [1.54, 1.807) is 6.08 Å². The van der Waals surface area contributed by atoms with E-state index in [4.69, 9.17) is 0 Å². The van der Waals surface area contributed by atoms with Gasteiger partial charge in [-0.15, -0.1) is 0 Å². The van der Waals surface area contributed by atoms with Crippen LogP contribution in [0.4, 0.5) is 5.69 Å². The second-order valence-corrected chi connectivity index (χ2v) is 4.07. The lowest BCUT2D eigenvalue weighted by Gasteiger charge is -1.99. The summed E-state index contributed by atoms with van der Waals surface area (Å²) in [6, 6.07) is 12.8. The molecule has 2 rings (SSSR count). The summed E-state index contributed by atoms with van der Waals surface area (Å²) in [7, 11) is 0. The van der Waals surface area contributed by atoms with Crippen LogP contribution in [0.1, 0.15) is 15.9 Å². The van der Waals surface area contributed by atoms with Crippen LogP contribution in [0.3, 0.4) is 0 Å². The molecule has 0 spiro atoms. The Labute approximate surface area is 115 Å². The van der Waals surface area contributed by atoms with Gasteiger partial charge < -0.3 is 5.11 Å². The van der Waals surface area contributed by atoms with Gasteiger partial charge in [-0.2, -0.15) is 0 Å². The lowest BCUT2D eigenvalue weighted by atomic mass is 10.1. The lowest BCUT2D eigenvalue weighted by Crippen LogP contribution is -1.97. The third-order valence-corrected chi connectivity index (χ3v) is 2.68. The number of hydrogen-bond acceptors (Lipinski definition) is 4. The van der Waals surface area contributed by atoms with Gasteiger partial charge in [0.25, 0.3) is 0 Å². The molecule has 2 aromatic carbocycles. The first kappa shape index (κ1) is 13.5. The Morgan fingerprint density at radius 1 is 1.15 bits per heavy atom. The summed E-state index contributed by atoms with van der Waals surface area (Å²) in [5.41, 5.74) is 0.528. The molecule has 5 heteroatoms. The number of nitro benzene ring substituents is 1. The lowest BCUT2D eigenvalue weighted by molar-refractivity contribution is -0.385. The number of aromatic hydroxyl groups is 1. The second-order valence-electron chi connectivity index (χ2n) is 4.07. The molecule has 0 fully saturated rings. The van der Waals surface area contributed by atoms with Crippen LogP contribution in [0, 0.1) is 10.1 Å². The molecule has 0 atom stereocenters. The Balaban J connectivity index is 2.24. The van der Waals surface area contributed by atoms with E-state index in [2.05, 4.69) is 0 Å². The van der Waals surface area contributed by atoms with Gasteiger partial charge in [0.05, 0.1) is 4.92 Å². The summed E-state index contributed by atoms with van der Waals surface area (Å²) in [5.74, 6) is -0.824. The molecule has 0 heterocycles. The minimum absolute atomic E-state index is 0.154. The van der Waals surface area contributed by atoms with E-state index >= 15 is 0 Å². The van der Waals surface area contributed by atoms with E-state index in [0.29, 0.717) is 0 Å². The largest absolute Gasteiger partial charge is 0.502 e. The molecule has 2 aromatic rings. The monoisotopic (exact) mass is 269 g/mol. The van der Waals surface area contributed by atoms with Gasteiger partial charge in [-0.25, -0.2) is 0 Å². The molecule has 0 saturated carbocycles. The fourth-order valence-corrected chi connectivity index (χ4v) is 1.66. The highest BCUT2D eigenvalue weighted by atomic mass is 16.6. The standard InChI is InChI=1S/C15H11NO4/c17-14(8-6-11-4-2-1-3-5-11)12-7-9-15(18)13(10-12)16(19)20/h1-10,18H. The van der Waals surface area contributed by atoms with Crippen molar-refractivity contribution in [3.63, 3.8) is 0 Å². The number of phenolic OH excluding ortho intramolecular Hbond substituents is 1. The van der Waals surface area contributed by atoms with Crippen molar-refractivity contribution in [2.75, 3.05) is 0 Å². The number of ketones is 1. The Morgan fingerprint density at radius 3 is 2.50 bits per heavy atom. The van der Waals surface area contributed by atoms with Crippen molar-refractivity contribution < 1.29 is 14.8 Å². The van der Waals surface area contributed by atoms with Crippen molar-refractivity contribution >= 4 is 17.5 Å². The summed E-state index contributed by atoms with van der Waals surface area (Å²) < 4.78 is 0. The van der Waals surface area contributed by atoms with Crippen molar-refractivity contribution in [3.05, 3.63) is 75.8 Å². The SMILES string of the molecule is O=C(C=Cc1ccccc1)c1ccc(O)c([N+](=O)[O-])c1. The van der Waals surface area contributed by atoms with Crippen LogP contribution in [0.5, 0.6) is 5.75 Å². The average Bonchev–Trinajstić information content (AvgIpc) is 2.46. The van der Waals surface area contributed by atoms with Crippen LogP contribution < -0.4 is 0 Å². The Kier molecular flexibility index (Phi) is 3.91. The molecule has 0 radical (unpaired) electrons. The summed E-state index contributed by atoms with van der Waals surface area (Å²) in [6.07, 6.45) is 2.96. The van der Waals surface area contributed by atoms with Crippen molar-refractivity contribution in [3.8, 4) is 5.75 Å². The molecule has 0 unspecified atom stereocenters. The van der Waals surface area contributed by atoms with E-state index in [1.807, 2.05) is 30.3 Å². The highest BCUT2D eigenvalue weighted by molar-refractivity contribution is 6.07. The first-order valence-corrected chi connectivity index (χ1v) is 5.83. The third kappa shape index (κ3) is 3.08. The van der Waals surface area contributed by atoms with Gasteiger partial charge in [0.1, 0.15) is 0 Å². The quantitative estimate of drug-likeness (QED) is 0.400. The van der Waals surface area contributed by atoms with E-state index in [-0.39, 0.29) is 11.3 Å². The fraction of sp³-hybridized carbons (Fsp3) is 0. The van der Waals surface area contributed by atoms with Gasteiger partial charge in [-0.05, 0) is 23.8 Å². The van der Waals surface area contributed by atoms with Crippen molar-refractivity contribution in [1.29, 1.82) is 0 Å². The molecule has 5 nitrogen and oxygen atoms in total. The van der Waals surface area contributed by atoms with Gasteiger partial charge in [0, 0.05) is 11.6 Å². The zero-order valence-corrected chi connectivity index (χ0v) is 10.4. The predicted octanol–water partition coefficient (Wildman–Crippen LogP) is 3.20. The smallest absolute Gasteiger partial charge is 0.311 e. The number of phenols is 1. The first-order valence-electron chi connectivity index (χ1n) is 5.83. The summed E-state index contributed by atoms with van der Waals surface area (Å²) >= 11 is 0. The highest BCUT2D eigenvalue weighted by Crippen LogP contribution is 2.26. The number of rotatable bonds is 4. The summed E-state index contributed by atoms with van der Waals surface area (Å²) in [6.45, 7) is 0. The number of carbonyl (C=O) groups excluding carboxylic acids is 1. The molecule has 0 aliphatic heterocycles. The molecule has 0 saturated heterocycles. The summed E-state index contributed by atoms with van der Waals surface area (Å²) in [5, 5.41) is 20.0. The van der Waals surface area contributed by atoms with Crippen molar-refractivity contribution in [2.24, 2.45) is 0 Å². The molecule has 0 bridgehead atoms. The Bertz CT molecular complexity index is 678. The Morgan fingerprint density at radius 2 is 1.85 bits per heavy atom. The first-order chi connectivity index (χ1) is 9.58. The molecule has 100 valence electrons. The Hall–Kier alpha value is -2.95. The van der Waals surface area contributed by atoms with Crippen LogP contribution >= 0.6 is 0 Å². The minimum atomic E-state index is -0.729. The fourth-order valence-electron chi connectivity index (χ4n) is 1.66. The zero-order chi connectivity index (χ0) is 14.5. The maximum Gasteiger partial charge on any atom is 0.311 e. The average molecular weight is 269 g/mol. The van der Waals surface area contributed by atoms with Gasteiger partial charge in [0.2, 0.25) is 0 Å². The highest BCUT2D eigenvalue weighted by Gasteiger charge is 2.15. The number of carbonyl (C=O) groups is 1. The van der Waals surface area contributed by atoms with Crippen LogP contribution in [-0.2, 0) is 0 Å². The number of nitrogens with zero attached hydrogens (tertiary/aromatic N) is 1. The molecule has 0 aliphatic carbocycles. The number of benzene rings is 2. The maximum absolute atomic E-state index is 11.9. The topological polar surface area (TPSA) is 80.4 Å². The van der Waals surface area contributed by atoms with Crippen LogP contribution in [-0.4, -0.2) is 15.8 Å². The van der Waals surface area contributed by atoms with Gasteiger partial charge in [-0.1, -0.05) is 36.4 Å². The van der Waals surface area contributed by atoms with Gasteiger partial charge >= 0.3 is 5.69 Å². The van der Waals surface area contributed by atoms with Crippen molar-refractivity contribution in [2.45, 2.75) is 0 Å². The summed E-state index contributed by atoms with van der Waals surface area (Å²) in [4.78, 5) is 21.9. The maximum atomic E-state index is 11.9. The van der Waals surface area contributed by atoms with Crippen molar-refractivity contribution in [1.82, 2.24) is 0 Å². The molecular formula is C15H11NO4. The molecule has 0 aromatic heterocycles. The van der Waals surface area contributed by atoms with Gasteiger partial charge in [0.15, 0.2) is 11.5 Å². The van der Waals surface area contributed by atoms with Crippen LogP contribution in [0.25, 0.3) is 6.08 Å². The van der Waals surface area contributed by atoms with E-state index < -0.39 is 16.4 Å². The minimum Gasteiger partial charge on any atom is -0.502 e. The third-order valence-electron chi connectivity index (χ3n) is 2.68.